The Balaban J connectivity index is 2.42. The molecule has 1 saturated heterocycles. The van der Waals surface area contributed by atoms with Gasteiger partial charge in [-0.05, 0) is 30.5 Å². The van der Waals surface area contributed by atoms with Crippen LogP contribution in [-0.2, 0) is 0 Å². The molecule has 14 heavy (non-hydrogen) atoms. The van der Waals surface area contributed by atoms with Crippen molar-refractivity contribution in [2.45, 2.75) is 20.3 Å². The van der Waals surface area contributed by atoms with Crippen LogP contribution in [0.5, 0.6) is 0 Å². The first-order valence-electron chi connectivity index (χ1n) is 5.27. The summed E-state index contributed by atoms with van der Waals surface area (Å²) in [5, 5.41) is 4.06. The first kappa shape index (κ1) is 11.5. The van der Waals surface area contributed by atoms with Crippen LogP contribution in [-0.4, -0.2) is 29.6 Å². The number of piperidine rings is 1. The molecule has 0 aromatic rings. The standard InChI is InChI=1S/C11H20N2S/c1-4-5-12-11(14)13-7-9(2)6-10(3)8-13/h4,9-10H,1,5-8H2,2-3H3,(H,12,14). The van der Waals surface area contributed by atoms with Gasteiger partial charge in [0.1, 0.15) is 0 Å². The number of nitrogens with one attached hydrogen (secondary N) is 1. The molecule has 0 aromatic carbocycles. The number of rotatable bonds is 2. The Morgan fingerprint density at radius 2 is 2.07 bits per heavy atom. The van der Waals surface area contributed by atoms with Crippen molar-refractivity contribution < 1.29 is 0 Å². The van der Waals surface area contributed by atoms with Gasteiger partial charge in [-0.15, -0.1) is 6.58 Å². The second-order valence-corrected chi connectivity index (χ2v) is 4.71. The van der Waals surface area contributed by atoms with Gasteiger partial charge in [-0.2, -0.15) is 0 Å². The molecule has 0 bridgehead atoms. The molecule has 1 aliphatic heterocycles. The number of hydrogen-bond donors (Lipinski definition) is 1. The molecule has 2 atom stereocenters. The molecule has 0 amide bonds. The fraction of sp³-hybridized carbons (Fsp3) is 0.727. The summed E-state index contributed by atoms with van der Waals surface area (Å²) in [7, 11) is 0. The molecule has 3 heteroatoms. The van der Waals surface area contributed by atoms with Crippen molar-refractivity contribution in [1.82, 2.24) is 10.2 Å². The highest BCUT2D eigenvalue weighted by Crippen LogP contribution is 2.20. The van der Waals surface area contributed by atoms with Crippen LogP contribution in [0.15, 0.2) is 12.7 Å². The maximum Gasteiger partial charge on any atom is 0.169 e. The van der Waals surface area contributed by atoms with E-state index in [0.29, 0.717) is 0 Å². The maximum absolute atomic E-state index is 5.31. The normalized spacial score (nSPS) is 27.1. The Morgan fingerprint density at radius 1 is 1.50 bits per heavy atom. The van der Waals surface area contributed by atoms with Crippen molar-refractivity contribution in [3.8, 4) is 0 Å². The summed E-state index contributed by atoms with van der Waals surface area (Å²) in [6.45, 7) is 11.2. The first-order valence-corrected chi connectivity index (χ1v) is 5.68. The van der Waals surface area contributed by atoms with Crippen LogP contribution in [0.25, 0.3) is 0 Å². The molecule has 1 aliphatic rings. The van der Waals surface area contributed by atoms with Crippen LogP contribution in [0.3, 0.4) is 0 Å². The molecule has 1 N–H and O–H groups in total. The zero-order valence-corrected chi connectivity index (χ0v) is 9.94. The Kier molecular flexibility index (Phi) is 4.39. The molecule has 0 saturated carbocycles. The average molecular weight is 212 g/mol. The summed E-state index contributed by atoms with van der Waals surface area (Å²) in [6.07, 6.45) is 3.16. The summed E-state index contributed by atoms with van der Waals surface area (Å²) in [5.41, 5.74) is 0. The molecule has 0 spiro atoms. The van der Waals surface area contributed by atoms with Crippen molar-refractivity contribution in [3.05, 3.63) is 12.7 Å². The van der Waals surface area contributed by atoms with Gasteiger partial charge >= 0.3 is 0 Å². The number of likely N-dealkylation sites (tertiary alicyclic amines) is 1. The zero-order valence-electron chi connectivity index (χ0n) is 9.12. The van der Waals surface area contributed by atoms with Gasteiger partial charge in [-0.3, -0.25) is 0 Å². The van der Waals surface area contributed by atoms with Crippen LogP contribution < -0.4 is 5.32 Å². The van der Waals surface area contributed by atoms with E-state index in [1.165, 1.54) is 6.42 Å². The van der Waals surface area contributed by atoms with E-state index in [0.717, 1.165) is 36.6 Å². The van der Waals surface area contributed by atoms with Crippen molar-refractivity contribution in [2.24, 2.45) is 11.8 Å². The predicted molar refractivity (Wildman–Crippen MR) is 65.3 cm³/mol. The lowest BCUT2D eigenvalue weighted by atomic mass is 9.92. The third kappa shape index (κ3) is 3.29. The molecule has 0 aliphatic carbocycles. The Morgan fingerprint density at radius 3 is 2.57 bits per heavy atom. The van der Waals surface area contributed by atoms with Crippen molar-refractivity contribution in [3.63, 3.8) is 0 Å². The van der Waals surface area contributed by atoms with E-state index >= 15 is 0 Å². The van der Waals surface area contributed by atoms with Gasteiger partial charge in [0.05, 0.1) is 0 Å². The highest BCUT2D eigenvalue weighted by molar-refractivity contribution is 7.80. The van der Waals surface area contributed by atoms with Crippen molar-refractivity contribution >= 4 is 17.3 Å². The molecule has 0 radical (unpaired) electrons. The minimum atomic E-state index is 0.752. The molecule has 0 aromatic heterocycles. The minimum Gasteiger partial charge on any atom is -0.359 e. The largest absolute Gasteiger partial charge is 0.359 e. The minimum absolute atomic E-state index is 0.752. The highest BCUT2D eigenvalue weighted by atomic mass is 32.1. The van der Waals surface area contributed by atoms with E-state index in [1.807, 2.05) is 6.08 Å². The van der Waals surface area contributed by atoms with Gasteiger partial charge in [0, 0.05) is 19.6 Å². The summed E-state index contributed by atoms with van der Waals surface area (Å²) in [5.74, 6) is 1.50. The van der Waals surface area contributed by atoms with E-state index in [9.17, 15) is 0 Å². The second-order valence-electron chi connectivity index (χ2n) is 4.33. The summed E-state index contributed by atoms with van der Waals surface area (Å²) >= 11 is 5.31. The van der Waals surface area contributed by atoms with Crippen LogP contribution in [0, 0.1) is 11.8 Å². The zero-order chi connectivity index (χ0) is 10.6. The molecular formula is C11H20N2S. The molecular weight excluding hydrogens is 192 g/mol. The quantitative estimate of drug-likeness (QED) is 0.557. The topological polar surface area (TPSA) is 15.3 Å². The first-order chi connectivity index (χ1) is 6.63. The fourth-order valence-corrected chi connectivity index (χ4v) is 2.33. The Labute approximate surface area is 92.4 Å². The van der Waals surface area contributed by atoms with Crippen LogP contribution >= 0.6 is 12.2 Å². The van der Waals surface area contributed by atoms with E-state index in [-0.39, 0.29) is 0 Å². The molecule has 1 heterocycles. The average Bonchev–Trinajstić information content (AvgIpc) is 2.12. The van der Waals surface area contributed by atoms with Crippen LogP contribution in [0.2, 0.25) is 0 Å². The Bertz CT molecular complexity index is 205. The monoisotopic (exact) mass is 212 g/mol. The number of hydrogen-bond acceptors (Lipinski definition) is 1. The third-order valence-electron chi connectivity index (χ3n) is 2.55. The highest BCUT2D eigenvalue weighted by Gasteiger charge is 2.22. The van der Waals surface area contributed by atoms with Crippen molar-refractivity contribution in [1.29, 1.82) is 0 Å². The molecule has 80 valence electrons. The second kappa shape index (κ2) is 5.35. The lowest BCUT2D eigenvalue weighted by molar-refractivity contribution is 0.212. The maximum atomic E-state index is 5.31. The summed E-state index contributed by atoms with van der Waals surface area (Å²) in [4.78, 5) is 2.28. The summed E-state index contributed by atoms with van der Waals surface area (Å²) in [6, 6.07) is 0. The molecule has 2 unspecified atom stereocenters. The van der Waals surface area contributed by atoms with Gasteiger partial charge in [-0.25, -0.2) is 0 Å². The van der Waals surface area contributed by atoms with Crippen molar-refractivity contribution in [2.75, 3.05) is 19.6 Å². The van der Waals surface area contributed by atoms with E-state index < -0.39 is 0 Å². The number of nitrogens with zero attached hydrogens (tertiary/aromatic N) is 1. The SMILES string of the molecule is C=CCNC(=S)N1CC(C)CC(C)C1. The Hall–Kier alpha value is -0.570. The summed E-state index contributed by atoms with van der Waals surface area (Å²) < 4.78 is 0. The van der Waals surface area contributed by atoms with Crippen LogP contribution in [0.4, 0.5) is 0 Å². The smallest absolute Gasteiger partial charge is 0.169 e. The van der Waals surface area contributed by atoms with Crippen LogP contribution in [0.1, 0.15) is 20.3 Å². The molecule has 2 nitrogen and oxygen atoms in total. The van der Waals surface area contributed by atoms with Gasteiger partial charge in [0.25, 0.3) is 0 Å². The van der Waals surface area contributed by atoms with E-state index in [1.54, 1.807) is 0 Å². The number of thiocarbonyl (C=S) groups is 1. The van der Waals surface area contributed by atoms with Gasteiger partial charge < -0.3 is 10.2 Å². The van der Waals surface area contributed by atoms with E-state index in [4.69, 9.17) is 12.2 Å². The fourth-order valence-electron chi connectivity index (χ4n) is 2.10. The molecule has 1 rings (SSSR count). The lowest BCUT2D eigenvalue weighted by Crippen LogP contribution is -2.47. The van der Waals surface area contributed by atoms with E-state index in [2.05, 4.69) is 30.6 Å². The predicted octanol–water partition coefficient (Wildman–Crippen LogP) is 2.02. The van der Waals surface area contributed by atoms with Gasteiger partial charge in [0.15, 0.2) is 5.11 Å². The molecule has 1 fully saturated rings. The van der Waals surface area contributed by atoms with Gasteiger partial charge in [0.2, 0.25) is 0 Å². The third-order valence-corrected chi connectivity index (χ3v) is 2.96. The van der Waals surface area contributed by atoms with Gasteiger partial charge in [-0.1, -0.05) is 19.9 Å². The lowest BCUT2D eigenvalue weighted by Gasteiger charge is -2.36.